The number of aromatic nitrogens is 3. The lowest BCUT2D eigenvalue weighted by atomic mass is 10.1. The molecule has 2 aromatic rings. The average molecular weight is 275 g/mol. The molecular weight excluding hydrogens is 258 g/mol. The Morgan fingerprint density at radius 1 is 1.37 bits per heavy atom. The van der Waals surface area contributed by atoms with Crippen LogP contribution in [0.4, 0.5) is 0 Å². The molecule has 2 heterocycles. The van der Waals surface area contributed by atoms with Gasteiger partial charge in [-0.1, -0.05) is 31.2 Å². The molecule has 0 aliphatic carbocycles. The van der Waals surface area contributed by atoms with Crippen LogP contribution in [0.3, 0.4) is 0 Å². The topological polar surface area (TPSA) is 58.6 Å². The number of rotatable bonds is 5. The van der Waals surface area contributed by atoms with Gasteiger partial charge < -0.3 is 4.98 Å². The highest BCUT2D eigenvalue weighted by atomic mass is 32.2. The fourth-order valence-corrected chi connectivity index (χ4v) is 2.32. The number of nitrogens with zero attached hydrogens (tertiary/aromatic N) is 2. The molecule has 0 fully saturated rings. The number of pyridine rings is 1. The van der Waals surface area contributed by atoms with Crippen LogP contribution in [0.25, 0.3) is 0 Å². The van der Waals surface area contributed by atoms with Gasteiger partial charge in [0.05, 0.1) is 5.69 Å². The summed E-state index contributed by atoms with van der Waals surface area (Å²) in [5.74, 6) is 0. The lowest BCUT2D eigenvalue weighted by molar-refractivity contribution is 0.786. The monoisotopic (exact) mass is 275 g/mol. The van der Waals surface area contributed by atoms with E-state index in [0.29, 0.717) is 11.6 Å². The van der Waals surface area contributed by atoms with E-state index in [1.54, 1.807) is 6.20 Å². The van der Waals surface area contributed by atoms with Crippen LogP contribution in [0.15, 0.2) is 34.3 Å². The highest BCUT2D eigenvalue weighted by Gasteiger charge is 2.11. The van der Waals surface area contributed by atoms with Crippen molar-refractivity contribution < 1.29 is 0 Å². The molecule has 0 bridgehead atoms. The summed E-state index contributed by atoms with van der Waals surface area (Å²) in [6.45, 7) is 2.09. The van der Waals surface area contributed by atoms with Crippen LogP contribution < -0.4 is 5.56 Å². The summed E-state index contributed by atoms with van der Waals surface area (Å²) in [6, 6.07) is 5.73. The molecule has 0 amide bonds. The summed E-state index contributed by atoms with van der Waals surface area (Å²) in [6.07, 6.45) is 5.98. The van der Waals surface area contributed by atoms with Gasteiger partial charge in [0, 0.05) is 23.9 Å². The minimum absolute atomic E-state index is 0.0477. The van der Waals surface area contributed by atoms with Crippen LogP contribution in [0.2, 0.25) is 0 Å². The highest BCUT2D eigenvalue weighted by molar-refractivity contribution is 7.98. The molecule has 5 heteroatoms. The standard InChI is InChI=1S/C14H17N3OS/c1-3-6-12-11(9-10-7-4-5-8-15-10)13(18)17-14(16-12)19-2/h4-5,7-8H,3,6,9H2,1-2H3,(H,16,17,18). The van der Waals surface area contributed by atoms with Gasteiger partial charge in [-0.25, -0.2) is 4.98 Å². The zero-order valence-corrected chi connectivity index (χ0v) is 12.0. The van der Waals surface area contributed by atoms with Crippen molar-refractivity contribution in [1.82, 2.24) is 15.0 Å². The van der Waals surface area contributed by atoms with E-state index in [0.717, 1.165) is 29.8 Å². The Kier molecular flexibility index (Phi) is 4.74. The van der Waals surface area contributed by atoms with Gasteiger partial charge in [-0.15, -0.1) is 0 Å². The Morgan fingerprint density at radius 2 is 2.21 bits per heavy atom. The Morgan fingerprint density at radius 3 is 2.84 bits per heavy atom. The first-order valence-electron chi connectivity index (χ1n) is 6.30. The molecule has 4 nitrogen and oxygen atoms in total. The minimum Gasteiger partial charge on any atom is -0.301 e. The Bertz CT molecular complexity index is 595. The summed E-state index contributed by atoms with van der Waals surface area (Å²) in [7, 11) is 0. The van der Waals surface area contributed by atoms with Gasteiger partial charge in [0.2, 0.25) is 0 Å². The first-order valence-corrected chi connectivity index (χ1v) is 7.53. The summed E-state index contributed by atoms with van der Waals surface area (Å²) in [5, 5.41) is 0.679. The molecule has 0 radical (unpaired) electrons. The summed E-state index contributed by atoms with van der Waals surface area (Å²) >= 11 is 1.46. The number of hydrogen-bond donors (Lipinski definition) is 1. The maximum atomic E-state index is 12.2. The molecule has 2 aromatic heterocycles. The molecule has 0 saturated heterocycles. The highest BCUT2D eigenvalue weighted by Crippen LogP contribution is 2.13. The predicted molar refractivity (Wildman–Crippen MR) is 77.7 cm³/mol. The van der Waals surface area contributed by atoms with Crippen LogP contribution in [0.5, 0.6) is 0 Å². The summed E-state index contributed by atoms with van der Waals surface area (Å²) in [4.78, 5) is 23.8. The van der Waals surface area contributed by atoms with Crippen molar-refractivity contribution >= 4 is 11.8 Å². The van der Waals surface area contributed by atoms with Crippen molar-refractivity contribution in [3.8, 4) is 0 Å². The van der Waals surface area contributed by atoms with E-state index in [9.17, 15) is 4.79 Å². The molecule has 0 aliphatic rings. The van der Waals surface area contributed by atoms with Gasteiger partial charge in [-0.2, -0.15) is 0 Å². The van der Waals surface area contributed by atoms with Crippen molar-refractivity contribution in [3.63, 3.8) is 0 Å². The van der Waals surface area contributed by atoms with E-state index in [-0.39, 0.29) is 5.56 Å². The van der Waals surface area contributed by atoms with Gasteiger partial charge in [0.1, 0.15) is 0 Å². The molecule has 100 valence electrons. The number of aromatic amines is 1. The van der Waals surface area contributed by atoms with Crippen molar-refractivity contribution in [2.45, 2.75) is 31.3 Å². The van der Waals surface area contributed by atoms with Crippen LogP contribution in [0, 0.1) is 0 Å². The smallest absolute Gasteiger partial charge is 0.255 e. The van der Waals surface area contributed by atoms with Crippen LogP contribution in [-0.4, -0.2) is 21.2 Å². The molecule has 0 saturated carbocycles. The van der Waals surface area contributed by atoms with Crippen molar-refractivity contribution in [1.29, 1.82) is 0 Å². The second kappa shape index (κ2) is 6.52. The van der Waals surface area contributed by atoms with Crippen LogP contribution in [-0.2, 0) is 12.8 Å². The second-order valence-corrected chi connectivity index (χ2v) is 5.04. The molecule has 0 unspecified atom stereocenters. The third-order valence-electron chi connectivity index (χ3n) is 2.84. The molecule has 2 rings (SSSR count). The molecular formula is C14H17N3OS. The molecule has 0 aromatic carbocycles. The number of nitrogens with one attached hydrogen (secondary N) is 1. The van der Waals surface area contributed by atoms with Crippen LogP contribution in [0.1, 0.15) is 30.3 Å². The normalized spacial score (nSPS) is 10.6. The third-order valence-corrected chi connectivity index (χ3v) is 3.42. The molecule has 1 N–H and O–H groups in total. The first-order chi connectivity index (χ1) is 9.24. The van der Waals surface area contributed by atoms with Gasteiger partial charge in [0.25, 0.3) is 5.56 Å². The van der Waals surface area contributed by atoms with E-state index in [1.165, 1.54) is 11.8 Å². The van der Waals surface area contributed by atoms with E-state index < -0.39 is 0 Å². The quantitative estimate of drug-likeness (QED) is 0.672. The van der Waals surface area contributed by atoms with E-state index in [1.807, 2.05) is 24.5 Å². The number of hydrogen-bond acceptors (Lipinski definition) is 4. The maximum absolute atomic E-state index is 12.2. The van der Waals surface area contributed by atoms with E-state index in [4.69, 9.17) is 0 Å². The SMILES string of the molecule is CCCc1nc(SC)[nH]c(=O)c1Cc1ccccn1. The molecule has 0 atom stereocenters. The molecule has 0 aliphatic heterocycles. The number of thioether (sulfide) groups is 1. The zero-order valence-electron chi connectivity index (χ0n) is 11.1. The average Bonchev–Trinajstić information content (AvgIpc) is 2.43. The second-order valence-electron chi connectivity index (χ2n) is 4.25. The fraction of sp³-hybridized carbons (Fsp3) is 0.357. The van der Waals surface area contributed by atoms with Gasteiger partial charge in [-0.3, -0.25) is 9.78 Å². The summed E-state index contributed by atoms with van der Waals surface area (Å²) in [5.41, 5.74) is 2.47. The van der Waals surface area contributed by atoms with Crippen molar-refractivity contribution in [2.75, 3.05) is 6.26 Å². The van der Waals surface area contributed by atoms with Gasteiger partial charge in [0.15, 0.2) is 5.16 Å². The van der Waals surface area contributed by atoms with Gasteiger partial charge >= 0.3 is 0 Å². The van der Waals surface area contributed by atoms with Crippen molar-refractivity contribution in [3.05, 3.63) is 51.7 Å². The Hall–Kier alpha value is -1.62. The molecule has 0 spiro atoms. The zero-order chi connectivity index (χ0) is 13.7. The Balaban J connectivity index is 2.40. The maximum Gasteiger partial charge on any atom is 0.255 e. The lowest BCUT2D eigenvalue weighted by Gasteiger charge is -2.08. The molecule has 19 heavy (non-hydrogen) atoms. The van der Waals surface area contributed by atoms with E-state index >= 15 is 0 Å². The number of H-pyrrole nitrogens is 1. The lowest BCUT2D eigenvalue weighted by Crippen LogP contribution is -2.19. The third kappa shape index (κ3) is 3.44. The minimum atomic E-state index is -0.0477. The van der Waals surface area contributed by atoms with Crippen molar-refractivity contribution in [2.24, 2.45) is 0 Å². The van der Waals surface area contributed by atoms with Crippen LogP contribution >= 0.6 is 11.8 Å². The predicted octanol–water partition coefficient (Wildman–Crippen LogP) is 2.43. The fourth-order valence-electron chi connectivity index (χ4n) is 1.93. The largest absolute Gasteiger partial charge is 0.301 e. The number of aryl methyl sites for hydroxylation is 1. The first kappa shape index (κ1) is 13.8. The van der Waals surface area contributed by atoms with Gasteiger partial charge in [-0.05, 0) is 24.8 Å². The summed E-state index contributed by atoms with van der Waals surface area (Å²) < 4.78 is 0. The Labute approximate surface area is 116 Å². The van der Waals surface area contributed by atoms with E-state index in [2.05, 4.69) is 21.9 Å².